The first-order valence-electron chi connectivity index (χ1n) is 4.34. The maximum Gasteiger partial charge on any atom is 0.333 e. The minimum atomic E-state index is -0.892. The molecular formula is C9H15NO4. The molecule has 80 valence electrons. The lowest BCUT2D eigenvalue weighted by Gasteiger charge is -2.10. The Morgan fingerprint density at radius 1 is 1.43 bits per heavy atom. The van der Waals surface area contributed by atoms with E-state index >= 15 is 0 Å². The zero-order valence-electron chi connectivity index (χ0n) is 8.65. The predicted molar refractivity (Wildman–Crippen MR) is 49.6 cm³/mol. The van der Waals surface area contributed by atoms with Crippen molar-refractivity contribution in [1.82, 2.24) is 0 Å². The molecule has 0 amide bonds. The Bertz CT molecular complexity index is 221. The topological polar surface area (TPSA) is 65.0 Å². The zero-order valence-corrected chi connectivity index (χ0v) is 8.65. The van der Waals surface area contributed by atoms with E-state index in [2.05, 4.69) is 9.73 Å². The zero-order chi connectivity index (χ0) is 11.0. The van der Waals surface area contributed by atoms with Crippen molar-refractivity contribution in [2.45, 2.75) is 19.9 Å². The van der Waals surface area contributed by atoms with Crippen LogP contribution in [-0.2, 0) is 19.1 Å². The molecule has 0 fully saturated rings. The van der Waals surface area contributed by atoms with Gasteiger partial charge in [-0.3, -0.25) is 0 Å². The van der Waals surface area contributed by atoms with Gasteiger partial charge in [-0.15, -0.1) is 0 Å². The monoisotopic (exact) mass is 201 g/mol. The third-order valence-corrected chi connectivity index (χ3v) is 1.41. The first kappa shape index (κ1) is 12.8. The molecule has 0 saturated heterocycles. The summed E-state index contributed by atoms with van der Waals surface area (Å²) in [6.45, 7) is 4.54. The number of aliphatic imine (C=N–C) groups is 1. The van der Waals surface area contributed by atoms with Gasteiger partial charge in [0.2, 0.25) is 6.08 Å². The average Bonchev–Trinajstić information content (AvgIpc) is 2.15. The second-order valence-electron chi connectivity index (χ2n) is 3.19. The lowest BCUT2D eigenvalue weighted by molar-refractivity contribution is -0.143. The molecule has 0 bridgehead atoms. The van der Waals surface area contributed by atoms with E-state index in [1.807, 2.05) is 13.8 Å². The molecular weight excluding hydrogens is 186 g/mol. The lowest BCUT2D eigenvalue weighted by Crippen LogP contribution is -2.26. The Hall–Kier alpha value is -1.19. The van der Waals surface area contributed by atoms with Crippen LogP contribution in [0.15, 0.2) is 4.99 Å². The van der Waals surface area contributed by atoms with Crippen LogP contribution in [0.3, 0.4) is 0 Å². The van der Waals surface area contributed by atoms with Crippen molar-refractivity contribution < 1.29 is 19.1 Å². The molecule has 0 spiro atoms. The molecule has 14 heavy (non-hydrogen) atoms. The number of rotatable bonds is 6. The summed E-state index contributed by atoms with van der Waals surface area (Å²) in [6, 6.07) is -0.892. The van der Waals surface area contributed by atoms with Crippen molar-refractivity contribution in [2.24, 2.45) is 10.9 Å². The number of hydrogen-bond acceptors (Lipinski definition) is 5. The van der Waals surface area contributed by atoms with Crippen LogP contribution in [-0.4, -0.2) is 38.4 Å². The Balaban J connectivity index is 3.97. The molecule has 0 rings (SSSR count). The van der Waals surface area contributed by atoms with Gasteiger partial charge in [0.05, 0.1) is 13.7 Å². The maximum atomic E-state index is 11.0. The number of carbonyl (C=O) groups excluding carboxylic acids is 2. The highest BCUT2D eigenvalue weighted by atomic mass is 16.5. The smallest absolute Gasteiger partial charge is 0.333 e. The van der Waals surface area contributed by atoms with Gasteiger partial charge in [0.25, 0.3) is 0 Å². The fourth-order valence-corrected chi connectivity index (χ4v) is 0.773. The van der Waals surface area contributed by atoms with Gasteiger partial charge in [-0.1, -0.05) is 13.8 Å². The van der Waals surface area contributed by atoms with E-state index in [1.54, 1.807) is 0 Å². The van der Waals surface area contributed by atoms with Gasteiger partial charge >= 0.3 is 5.97 Å². The summed E-state index contributed by atoms with van der Waals surface area (Å²) >= 11 is 0. The number of isocyanates is 1. The molecule has 0 unspecified atom stereocenters. The average molecular weight is 201 g/mol. The summed E-state index contributed by atoms with van der Waals surface area (Å²) in [5.41, 5.74) is 0. The number of esters is 1. The summed E-state index contributed by atoms with van der Waals surface area (Å²) in [7, 11) is 1.23. The number of methoxy groups -OCH3 is 1. The van der Waals surface area contributed by atoms with Gasteiger partial charge in [-0.05, 0) is 5.92 Å². The lowest BCUT2D eigenvalue weighted by atomic mass is 10.2. The van der Waals surface area contributed by atoms with E-state index in [4.69, 9.17) is 4.74 Å². The second-order valence-corrected chi connectivity index (χ2v) is 3.19. The fourth-order valence-electron chi connectivity index (χ4n) is 0.773. The van der Waals surface area contributed by atoms with Crippen LogP contribution in [0.2, 0.25) is 0 Å². The molecule has 0 heterocycles. The van der Waals surface area contributed by atoms with E-state index in [-0.39, 0.29) is 6.61 Å². The largest absolute Gasteiger partial charge is 0.467 e. The van der Waals surface area contributed by atoms with Gasteiger partial charge in [0, 0.05) is 6.61 Å². The fraction of sp³-hybridized carbons (Fsp3) is 0.778. The van der Waals surface area contributed by atoms with Crippen LogP contribution in [0, 0.1) is 5.92 Å². The number of carbonyl (C=O) groups is 1. The third-order valence-electron chi connectivity index (χ3n) is 1.41. The van der Waals surface area contributed by atoms with Crippen LogP contribution in [0.1, 0.15) is 13.8 Å². The van der Waals surface area contributed by atoms with Gasteiger partial charge in [-0.2, -0.15) is 4.99 Å². The highest BCUT2D eigenvalue weighted by Crippen LogP contribution is 1.98. The SMILES string of the molecule is COC(=O)[C@H](COCC(C)C)N=C=O. The van der Waals surface area contributed by atoms with Crippen LogP contribution in [0.4, 0.5) is 0 Å². The van der Waals surface area contributed by atoms with Crippen molar-refractivity contribution in [3.63, 3.8) is 0 Å². The number of nitrogens with zero attached hydrogens (tertiary/aromatic N) is 1. The summed E-state index contributed by atoms with van der Waals surface area (Å²) in [6.07, 6.45) is 1.32. The quantitative estimate of drug-likeness (QED) is 0.357. The summed E-state index contributed by atoms with van der Waals surface area (Å²) < 4.78 is 9.59. The molecule has 5 nitrogen and oxygen atoms in total. The van der Waals surface area contributed by atoms with Gasteiger partial charge in [-0.25, -0.2) is 9.59 Å². The van der Waals surface area contributed by atoms with Crippen LogP contribution in [0.25, 0.3) is 0 Å². The van der Waals surface area contributed by atoms with E-state index < -0.39 is 12.0 Å². The molecule has 5 heteroatoms. The highest BCUT2D eigenvalue weighted by Gasteiger charge is 2.18. The number of ether oxygens (including phenoxy) is 2. The third kappa shape index (κ3) is 5.45. The predicted octanol–water partition coefficient (Wildman–Crippen LogP) is 0.536. The molecule has 1 atom stereocenters. The summed E-state index contributed by atoms with van der Waals surface area (Å²) in [4.78, 5) is 24.3. The highest BCUT2D eigenvalue weighted by molar-refractivity contribution is 5.76. The maximum absolute atomic E-state index is 11.0. The molecule has 0 saturated carbocycles. The van der Waals surface area contributed by atoms with E-state index in [0.717, 1.165) is 0 Å². The Labute approximate surface area is 83.1 Å². The molecule has 0 radical (unpaired) electrons. The molecule has 0 aliphatic rings. The molecule has 0 aliphatic carbocycles. The standard InChI is InChI=1S/C9H15NO4/c1-7(2)4-14-5-8(10-6-11)9(12)13-3/h7-8H,4-5H2,1-3H3/t8-/m0/s1. The van der Waals surface area contributed by atoms with Gasteiger partial charge in [0.1, 0.15) is 0 Å². The van der Waals surface area contributed by atoms with Crippen molar-refractivity contribution >= 4 is 12.0 Å². The summed E-state index contributed by atoms with van der Waals surface area (Å²) in [5.74, 6) is -0.217. The molecule has 0 N–H and O–H groups in total. The summed E-state index contributed by atoms with van der Waals surface area (Å²) in [5, 5.41) is 0. The van der Waals surface area contributed by atoms with Gasteiger partial charge < -0.3 is 9.47 Å². The Morgan fingerprint density at radius 2 is 2.07 bits per heavy atom. The first-order valence-corrected chi connectivity index (χ1v) is 4.34. The van der Waals surface area contributed by atoms with Crippen molar-refractivity contribution in [3.05, 3.63) is 0 Å². The normalized spacial score (nSPS) is 12.0. The molecule has 0 aromatic heterocycles. The second kappa shape index (κ2) is 7.24. The van der Waals surface area contributed by atoms with E-state index in [0.29, 0.717) is 12.5 Å². The Morgan fingerprint density at radius 3 is 2.50 bits per heavy atom. The minimum absolute atomic E-state index is 0.0556. The van der Waals surface area contributed by atoms with Gasteiger partial charge in [0.15, 0.2) is 6.04 Å². The van der Waals surface area contributed by atoms with Crippen molar-refractivity contribution in [3.8, 4) is 0 Å². The molecule has 0 aromatic rings. The molecule has 0 aliphatic heterocycles. The van der Waals surface area contributed by atoms with Crippen molar-refractivity contribution in [2.75, 3.05) is 20.3 Å². The molecule has 0 aromatic carbocycles. The van der Waals surface area contributed by atoms with Crippen LogP contribution >= 0.6 is 0 Å². The van der Waals surface area contributed by atoms with Crippen LogP contribution in [0.5, 0.6) is 0 Å². The minimum Gasteiger partial charge on any atom is -0.467 e. The van der Waals surface area contributed by atoms with Crippen LogP contribution < -0.4 is 0 Å². The first-order chi connectivity index (χ1) is 6.61. The number of hydrogen-bond donors (Lipinski definition) is 0. The van der Waals surface area contributed by atoms with Crippen molar-refractivity contribution in [1.29, 1.82) is 0 Å². The van der Waals surface area contributed by atoms with E-state index in [9.17, 15) is 9.59 Å². The van der Waals surface area contributed by atoms with E-state index in [1.165, 1.54) is 13.2 Å². The Kier molecular flexibility index (Phi) is 6.62.